The van der Waals surface area contributed by atoms with Gasteiger partial charge in [0, 0.05) is 12.8 Å². The first kappa shape index (κ1) is 52.2. The maximum atomic E-state index is 12.3. The summed E-state index contributed by atoms with van der Waals surface area (Å²) in [6.07, 6.45) is 42.4. The molecule has 0 spiro atoms. The van der Waals surface area contributed by atoms with Gasteiger partial charge in [-0.05, 0) is 77.0 Å². The van der Waals surface area contributed by atoms with Crippen LogP contribution in [0.3, 0.4) is 0 Å². The molecule has 55 heavy (non-hydrogen) atoms. The van der Waals surface area contributed by atoms with Crippen LogP contribution in [0, 0.1) is 0 Å². The summed E-state index contributed by atoms with van der Waals surface area (Å²) >= 11 is 0. The highest BCUT2D eigenvalue weighted by Crippen LogP contribution is 2.43. The van der Waals surface area contributed by atoms with Gasteiger partial charge in [0.25, 0.3) is 0 Å². The minimum absolute atomic E-state index is 0.122. The molecule has 0 aromatic rings. The summed E-state index contributed by atoms with van der Waals surface area (Å²) in [5, 5.41) is 21.8. The summed E-state index contributed by atoms with van der Waals surface area (Å²) in [6, 6.07) is -1.56. The highest BCUT2D eigenvalue weighted by Gasteiger charge is 2.28. The molecule has 3 atom stereocenters. The number of allylic oxidation sites excluding steroid dienone is 10. The molecule has 0 aromatic heterocycles. The summed E-state index contributed by atoms with van der Waals surface area (Å²) in [6.45, 7) is 2.42. The van der Waals surface area contributed by atoms with Crippen molar-refractivity contribution < 1.29 is 47.8 Å². The van der Waals surface area contributed by atoms with Crippen LogP contribution in [-0.2, 0) is 32.7 Å². The number of carbonyl (C=O) groups excluding carboxylic acids is 2. The van der Waals surface area contributed by atoms with Gasteiger partial charge in [0.05, 0.1) is 13.2 Å². The smallest absolute Gasteiger partial charge is 0.472 e. The molecule has 0 aliphatic heterocycles. The summed E-state index contributed by atoms with van der Waals surface area (Å²) in [4.78, 5) is 45.8. The zero-order valence-electron chi connectivity index (χ0n) is 34.0. The lowest BCUT2D eigenvalue weighted by Crippen LogP contribution is -2.43. The molecule has 316 valence electrons. The number of esters is 1. The number of aliphatic hydroxyl groups is 1. The number of aliphatic carboxylic acids is 1. The Labute approximate surface area is 332 Å². The minimum Gasteiger partial charge on any atom is -0.480 e. The highest BCUT2D eigenvalue weighted by atomic mass is 31.2. The Morgan fingerprint density at radius 1 is 0.600 bits per heavy atom. The van der Waals surface area contributed by atoms with Crippen LogP contribution in [0.15, 0.2) is 60.8 Å². The number of hydrogen-bond donors (Lipinski definition) is 4. The van der Waals surface area contributed by atoms with Crippen molar-refractivity contribution in [1.82, 2.24) is 5.32 Å². The summed E-state index contributed by atoms with van der Waals surface area (Å²) < 4.78 is 26.8. The fourth-order valence-electron chi connectivity index (χ4n) is 5.30. The first-order valence-corrected chi connectivity index (χ1v) is 22.3. The van der Waals surface area contributed by atoms with Crippen LogP contribution in [0.1, 0.15) is 162 Å². The van der Waals surface area contributed by atoms with Gasteiger partial charge in [-0.3, -0.25) is 18.6 Å². The van der Waals surface area contributed by atoms with Crippen molar-refractivity contribution in [1.29, 1.82) is 0 Å². The molecule has 0 rings (SSSR count). The van der Waals surface area contributed by atoms with Crippen molar-refractivity contribution in [3.63, 3.8) is 0 Å². The molecular weight excluding hydrogens is 721 g/mol. The highest BCUT2D eigenvalue weighted by molar-refractivity contribution is 7.47. The summed E-state index contributed by atoms with van der Waals surface area (Å²) in [7, 11) is -4.76. The maximum Gasteiger partial charge on any atom is 0.472 e. The van der Waals surface area contributed by atoms with E-state index < -0.39 is 57.6 Å². The van der Waals surface area contributed by atoms with E-state index in [0.717, 1.165) is 96.3 Å². The van der Waals surface area contributed by atoms with Crippen molar-refractivity contribution in [2.24, 2.45) is 0 Å². The zero-order chi connectivity index (χ0) is 40.7. The number of nitrogens with one attached hydrogen (secondary N) is 1. The lowest BCUT2D eigenvalue weighted by Gasteiger charge is -2.18. The summed E-state index contributed by atoms with van der Waals surface area (Å²) in [5.74, 6) is -2.42. The number of phosphoric ester groups is 1. The Kier molecular flexibility index (Phi) is 36.1. The van der Waals surface area contributed by atoms with Crippen LogP contribution in [0.4, 0.5) is 0 Å². The Hall–Kier alpha value is -2.82. The molecule has 1 amide bonds. The number of phosphoric acid groups is 1. The lowest BCUT2D eigenvalue weighted by molar-refractivity contribution is -0.147. The molecule has 0 saturated heterocycles. The second-order valence-electron chi connectivity index (χ2n) is 13.8. The predicted molar refractivity (Wildman–Crippen MR) is 222 cm³/mol. The van der Waals surface area contributed by atoms with Crippen LogP contribution in [-0.4, -0.2) is 64.9 Å². The van der Waals surface area contributed by atoms with E-state index in [2.05, 4.69) is 79.9 Å². The van der Waals surface area contributed by atoms with Crippen molar-refractivity contribution >= 4 is 25.7 Å². The van der Waals surface area contributed by atoms with Crippen LogP contribution in [0.5, 0.6) is 0 Å². The standard InChI is InChI=1S/C43H74NO10P/c1-3-5-7-9-11-13-15-17-19-21-23-25-27-29-31-33-35-42(47)52-36-39(45)37-53-55(50,51)54-38-40(43(48)49)44-41(46)34-32-30-28-26-24-22-20-18-16-14-12-10-8-6-4-2/h6,8,12-15,18-21,39-40,45H,3-5,7,9-11,16-17,22-38H2,1-2H3,(H,44,46)(H,48,49)(H,50,51)/b8-6-,14-12-,15-13-,20-18-,21-19-. The van der Waals surface area contributed by atoms with E-state index in [1.54, 1.807) is 0 Å². The molecule has 12 heteroatoms. The number of carboxylic acids is 1. The van der Waals surface area contributed by atoms with E-state index in [9.17, 15) is 34.1 Å². The third-order valence-corrected chi connectivity index (χ3v) is 9.49. The molecule has 11 nitrogen and oxygen atoms in total. The number of amides is 1. The van der Waals surface area contributed by atoms with Gasteiger partial charge in [0.2, 0.25) is 5.91 Å². The zero-order valence-corrected chi connectivity index (χ0v) is 34.9. The number of unbranched alkanes of at least 4 members (excludes halogenated alkanes) is 14. The Morgan fingerprint density at radius 2 is 1.05 bits per heavy atom. The number of carboxylic acid groups (broad SMARTS) is 1. The third kappa shape index (κ3) is 37.9. The second kappa shape index (κ2) is 38.1. The normalized spacial score (nSPS) is 14.4. The van der Waals surface area contributed by atoms with Gasteiger partial charge >= 0.3 is 19.8 Å². The fraction of sp³-hybridized carbons (Fsp3) is 0.698. The Morgan fingerprint density at radius 3 is 1.58 bits per heavy atom. The van der Waals surface area contributed by atoms with E-state index >= 15 is 0 Å². The largest absolute Gasteiger partial charge is 0.480 e. The monoisotopic (exact) mass is 796 g/mol. The molecule has 0 aromatic carbocycles. The summed E-state index contributed by atoms with van der Waals surface area (Å²) in [5.41, 5.74) is 0. The van der Waals surface area contributed by atoms with Crippen molar-refractivity contribution in [3.8, 4) is 0 Å². The minimum atomic E-state index is -4.76. The topological polar surface area (TPSA) is 169 Å². The number of ether oxygens (including phenoxy) is 1. The number of carbonyl (C=O) groups is 3. The SMILES string of the molecule is CC/C=C\C/C=C\C/C=C\CCCCCCCC(=O)NC(COP(=O)(O)OCC(O)COC(=O)CCCCCCC/C=C\C/C=C\CCCCCC)C(=O)O. The van der Waals surface area contributed by atoms with Gasteiger partial charge < -0.3 is 25.2 Å². The Balaban J connectivity index is 3.98. The fourth-order valence-corrected chi connectivity index (χ4v) is 6.07. The number of rotatable bonds is 38. The van der Waals surface area contributed by atoms with E-state index in [1.165, 1.54) is 25.7 Å². The van der Waals surface area contributed by atoms with Gasteiger partial charge in [-0.25, -0.2) is 9.36 Å². The molecule has 0 saturated carbocycles. The number of aliphatic hydroxyl groups excluding tert-OH is 1. The van der Waals surface area contributed by atoms with Crippen LogP contribution in [0.25, 0.3) is 0 Å². The first-order valence-electron chi connectivity index (χ1n) is 20.8. The van der Waals surface area contributed by atoms with Crippen molar-refractivity contribution in [3.05, 3.63) is 60.8 Å². The number of hydrogen-bond acceptors (Lipinski definition) is 8. The Bertz CT molecular complexity index is 1170. The molecule has 0 aliphatic carbocycles. The van der Waals surface area contributed by atoms with E-state index in [1.807, 2.05) is 0 Å². The average molecular weight is 796 g/mol. The van der Waals surface area contributed by atoms with Gasteiger partial charge in [0.15, 0.2) is 6.04 Å². The first-order chi connectivity index (χ1) is 26.6. The second-order valence-corrected chi connectivity index (χ2v) is 15.2. The van der Waals surface area contributed by atoms with Gasteiger partial charge in [-0.2, -0.15) is 0 Å². The lowest BCUT2D eigenvalue weighted by atomic mass is 10.1. The van der Waals surface area contributed by atoms with Crippen LogP contribution in [0.2, 0.25) is 0 Å². The quantitative estimate of drug-likeness (QED) is 0.0204. The van der Waals surface area contributed by atoms with E-state index in [-0.39, 0.29) is 12.8 Å². The van der Waals surface area contributed by atoms with E-state index in [4.69, 9.17) is 13.8 Å². The third-order valence-electron chi connectivity index (χ3n) is 8.54. The van der Waals surface area contributed by atoms with E-state index in [0.29, 0.717) is 12.8 Å². The van der Waals surface area contributed by atoms with Crippen molar-refractivity contribution in [2.75, 3.05) is 19.8 Å². The van der Waals surface area contributed by atoms with Gasteiger partial charge in [-0.15, -0.1) is 0 Å². The predicted octanol–water partition coefficient (Wildman–Crippen LogP) is 10.4. The van der Waals surface area contributed by atoms with Crippen molar-refractivity contribution in [2.45, 2.75) is 174 Å². The van der Waals surface area contributed by atoms with Crippen LogP contribution >= 0.6 is 7.82 Å². The molecule has 4 N–H and O–H groups in total. The van der Waals surface area contributed by atoms with Gasteiger partial charge in [0.1, 0.15) is 12.7 Å². The maximum absolute atomic E-state index is 12.3. The average Bonchev–Trinajstić information content (AvgIpc) is 3.16. The van der Waals surface area contributed by atoms with Gasteiger partial charge in [-0.1, -0.05) is 132 Å². The molecule has 0 aliphatic rings. The molecule has 0 radical (unpaired) electrons. The molecule has 3 unspecified atom stereocenters. The molecule has 0 fully saturated rings. The molecular formula is C43H74NO10P. The van der Waals surface area contributed by atoms with Crippen LogP contribution < -0.4 is 5.32 Å². The molecule has 0 heterocycles. The molecule has 0 bridgehead atoms.